The Morgan fingerprint density at radius 2 is 1.62 bits per heavy atom. The van der Waals surface area contributed by atoms with Gasteiger partial charge in [0.1, 0.15) is 17.8 Å². The van der Waals surface area contributed by atoms with Gasteiger partial charge in [-0.1, -0.05) is 46.2 Å². The zero-order valence-corrected chi connectivity index (χ0v) is 17.5. The Morgan fingerprint density at radius 3 is 2.10 bits per heavy atom. The number of benzene rings is 1. The maximum absolute atomic E-state index is 12.7. The molecular weight excluding hydrogens is 374 g/mol. The molecule has 0 aromatic heterocycles. The Labute approximate surface area is 171 Å². The van der Waals surface area contributed by atoms with Gasteiger partial charge >= 0.3 is 5.97 Å². The average molecular weight is 408 g/mol. The number of nitrogens with two attached hydrogens (primary N) is 1. The number of aliphatic carboxylic acids is 1. The van der Waals surface area contributed by atoms with Crippen molar-refractivity contribution >= 4 is 17.8 Å². The van der Waals surface area contributed by atoms with Crippen LogP contribution in [0.1, 0.15) is 46.1 Å². The fraction of sp³-hybridized carbons (Fsp3) is 0.571. The number of hydrogen-bond acceptors (Lipinski definition) is 5. The number of phenolic OH excluding ortho intramolecular Hbond substituents is 1. The molecule has 8 nitrogen and oxygen atoms in total. The number of carbonyl (C=O) groups excluding carboxylic acids is 2. The molecule has 0 heterocycles. The first-order chi connectivity index (χ1) is 13.5. The molecule has 4 unspecified atom stereocenters. The van der Waals surface area contributed by atoms with Crippen LogP contribution in [0.2, 0.25) is 0 Å². The average Bonchev–Trinajstić information content (AvgIpc) is 2.65. The minimum Gasteiger partial charge on any atom is -0.508 e. The summed E-state index contributed by atoms with van der Waals surface area (Å²) in [7, 11) is 0. The maximum Gasteiger partial charge on any atom is 0.326 e. The van der Waals surface area contributed by atoms with Crippen molar-refractivity contribution in [2.24, 2.45) is 17.6 Å². The zero-order chi connectivity index (χ0) is 22.1. The number of nitrogens with one attached hydrogen (secondary N) is 2. The van der Waals surface area contributed by atoms with Crippen molar-refractivity contribution in [2.75, 3.05) is 0 Å². The van der Waals surface area contributed by atoms with Crippen LogP contribution in [0.25, 0.3) is 0 Å². The van der Waals surface area contributed by atoms with Crippen molar-refractivity contribution in [1.82, 2.24) is 10.6 Å². The van der Waals surface area contributed by atoms with Gasteiger partial charge in [-0.2, -0.15) is 0 Å². The van der Waals surface area contributed by atoms with E-state index < -0.39 is 35.9 Å². The second-order valence-electron chi connectivity index (χ2n) is 7.88. The molecule has 6 N–H and O–H groups in total. The van der Waals surface area contributed by atoms with Crippen molar-refractivity contribution in [3.63, 3.8) is 0 Å². The number of amides is 2. The Kier molecular flexibility index (Phi) is 9.61. The Hall–Kier alpha value is -2.61. The van der Waals surface area contributed by atoms with Crippen LogP contribution in [0.4, 0.5) is 0 Å². The van der Waals surface area contributed by atoms with E-state index in [4.69, 9.17) is 5.73 Å². The smallest absolute Gasteiger partial charge is 0.326 e. The highest BCUT2D eigenvalue weighted by atomic mass is 16.4. The summed E-state index contributed by atoms with van der Waals surface area (Å²) in [5, 5.41) is 23.9. The van der Waals surface area contributed by atoms with E-state index in [0.29, 0.717) is 12.8 Å². The number of rotatable bonds is 11. The highest BCUT2D eigenvalue weighted by Crippen LogP contribution is 2.13. The molecule has 0 saturated carbocycles. The predicted octanol–water partition coefficient (Wildman–Crippen LogP) is 1.41. The van der Waals surface area contributed by atoms with Crippen LogP contribution in [-0.2, 0) is 20.8 Å². The topological polar surface area (TPSA) is 142 Å². The summed E-state index contributed by atoms with van der Waals surface area (Å²) in [4.78, 5) is 36.8. The van der Waals surface area contributed by atoms with Gasteiger partial charge in [-0.3, -0.25) is 9.59 Å². The highest BCUT2D eigenvalue weighted by Gasteiger charge is 2.31. The Bertz CT molecular complexity index is 690. The molecule has 1 rings (SSSR count). The van der Waals surface area contributed by atoms with Crippen molar-refractivity contribution < 1.29 is 24.6 Å². The van der Waals surface area contributed by atoms with Crippen molar-refractivity contribution in [3.05, 3.63) is 29.8 Å². The molecule has 29 heavy (non-hydrogen) atoms. The summed E-state index contributed by atoms with van der Waals surface area (Å²) < 4.78 is 0. The van der Waals surface area contributed by atoms with E-state index in [1.54, 1.807) is 12.1 Å². The minimum absolute atomic E-state index is 0.0896. The molecule has 0 aliphatic rings. The van der Waals surface area contributed by atoms with Crippen molar-refractivity contribution in [3.8, 4) is 5.75 Å². The lowest BCUT2D eigenvalue weighted by Gasteiger charge is -2.27. The highest BCUT2D eigenvalue weighted by molar-refractivity contribution is 5.92. The standard InChI is InChI=1S/C21H33N3O5/c1-5-13(4)18(20(27)23-17(21(28)29)10-12(2)3)24-19(26)16(22)11-14-6-8-15(25)9-7-14/h6-9,12-13,16-18,25H,5,10-11,22H2,1-4H3,(H,23,27)(H,24,26)(H,28,29). The van der Waals surface area contributed by atoms with Crippen LogP contribution in [0.3, 0.4) is 0 Å². The SMILES string of the molecule is CCC(C)C(NC(=O)C(N)Cc1ccc(O)cc1)C(=O)NC(CC(C)C)C(=O)O. The van der Waals surface area contributed by atoms with Gasteiger partial charge in [0.15, 0.2) is 0 Å². The first-order valence-electron chi connectivity index (χ1n) is 9.92. The van der Waals surface area contributed by atoms with E-state index in [9.17, 15) is 24.6 Å². The quantitative estimate of drug-likeness (QED) is 0.375. The summed E-state index contributed by atoms with van der Waals surface area (Å²) in [5.74, 6) is -2.12. The summed E-state index contributed by atoms with van der Waals surface area (Å²) in [6, 6.07) is 3.58. The van der Waals surface area contributed by atoms with Gasteiger partial charge in [-0.05, 0) is 42.4 Å². The monoisotopic (exact) mass is 407 g/mol. The number of carboxylic acid groups (broad SMARTS) is 1. The molecule has 0 aliphatic heterocycles. The first kappa shape index (κ1) is 24.4. The van der Waals surface area contributed by atoms with Crippen LogP contribution < -0.4 is 16.4 Å². The number of hydrogen-bond donors (Lipinski definition) is 5. The summed E-state index contributed by atoms with van der Waals surface area (Å²) in [6.07, 6.45) is 1.15. The largest absolute Gasteiger partial charge is 0.508 e. The van der Waals surface area contributed by atoms with E-state index >= 15 is 0 Å². The van der Waals surface area contributed by atoms with Crippen LogP contribution in [0, 0.1) is 11.8 Å². The number of aromatic hydroxyl groups is 1. The lowest BCUT2D eigenvalue weighted by molar-refractivity contribution is -0.143. The molecule has 2 amide bonds. The molecule has 0 saturated heterocycles. The van der Waals surface area contributed by atoms with Gasteiger partial charge in [0.25, 0.3) is 0 Å². The number of carbonyl (C=O) groups is 3. The third-order valence-corrected chi connectivity index (χ3v) is 4.84. The molecular formula is C21H33N3O5. The van der Waals surface area contributed by atoms with E-state index in [1.165, 1.54) is 12.1 Å². The Balaban J connectivity index is 2.83. The lowest BCUT2D eigenvalue weighted by atomic mass is 9.96. The van der Waals surface area contributed by atoms with Crippen LogP contribution in [-0.4, -0.2) is 46.1 Å². The molecule has 0 aliphatic carbocycles. The second-order valence-corrected chi connectivity index (χ2v) is 7.88. The van der Waals surface area contributed by atoms with Crippen molar-refractivity contribution in [2.45, 2.75) is 65.1 Å². The van der Waals surface area contributed by atoms with Gasteiger partial charge in [0, 0.05) is 0 Å². The van der Waals surface area contributed by atoms with Crippen LogP contribution in [0.15, 0.2) is 24.3 Å². The molecule has 8 heteroatoms. The number of carboxylic acids is 1. The minimum atomic E-state index is -1.11. The van der Waals surface area contributed by atoms with Gasteiger partial charge in [0.2, 0.25) is 11.8 Å². The van der Waals surface area contributed by atoms with E-state index in [-0.39, 0.29) is 24.0 Å². The van der Waals surface area contributed by atoms with E-state index in [2.05, 4.69) is 10.6 Å². The molecule has 162 valence electrons. The maximum atomic E-state index is 12.7. The third kappa shape index (κ3) is 8.11. The second kappa shape index (κ2) is 11.4. The normalized spacial score (nSPS) is 15.2. The lowest BCUT2D eigenvalue weighted by Crippen LogP contribution is -2.57. The molecule has 0 fully saturated rings. The molecule has 1 aromatic carbocycles. The van der Waals surface area contributed by atoms with Gasteiger partial charge in [0.05, 0.1) is 6.04 Å². The summed E-state index contributed by atoms with van der Waals surface area (Å²) >= 11 is 0. The van der Waals surface area contributed by atoms with Gasteiger partial charge in [-0.25, -0.2) is 4.79 Å². The van der Waals surface area contributed by atoms with E-state index in [0.717, 1.165) is 5.56 Å². The number of phenols is 1. The summed E-state index contributed by atoms with van der Waals surface area (Å²) in [6.45, 7) is 7.45. The van der Waals surface area contributed by atoms with Gasteiger partial charge in [-0.15, -0.1) is 0 Å². The first-order valence-corrected chi connectivity index (χ1v) is 9.92. The van der Waals surface area contributed by atoms with Crippen molar-refractivity contribution in [1.29, 1.82) is 0 Å². The molecule has 0 spiro atoms. The van der Waals surface area contributed by atoms with Crippen LogP contribution in [0.5, 0.6) is 5.75 Å². The zero-order valence-electron chi connectivity index (χ0n) is 17.5. The molecule has 0 bridgehead atoms. The fourth-order valence-electron chi connectivity index (χ4n) is 2.90. The third-order valence-electron chi connectivity index (χ3n) is 4.84. The van der Waals surface area contributed by atoms with Gasteiger partial charge < -0.3 is 26.6 Å². The Morgan fingerprint density at radius 1 is 1.03 bits per heavy atom. The fourth-order valence-corrected chi connectivity index (χ4v) is 2.90. The van der Waals surface area contributed by atoms with Crippen LogP contribution >= 0.6 is 0 Å². The molecule has 1 aromatic rings. The van der Waals surface area contributed by atoms with E-state index in [1.807, 2.05) is 27.7 Å². The molecule has 0 radical (unpaired) electrons. The molecule has 4 atom stereocenters. The summed E-state index contributed by atoms with van der Waals surface area (Å²) in [5.41, 5.74) is 6.77. The predicted molar refractivity (Wildman–Crippen MR) is 110 cm³/mol.